The first kappa shape index (κ1) is 15.0. The molecule has 0 spiro atoms. The van der Waals surface area contributed by atoms with E-state index in [1.807, 2.05) is 0 Å². The molecule has 0 bridgehead atoms. The zero-order chi connectivity index (χ0) is 14.5. The Bertz CT molecular complexity index is 424. The number of nitrogens with zero attached hydrogens (tertiary/aromatic N) is 2. The molecular formula is C17H30N4. The van der Waals surface area contributed by atoms with Crippen LogP contribution in [0.1, 0.15) is 95.1 Å². The quantitative estimate of drug-likeness (QED) is 0.865. The molecule has 1 aromatic heterocycles. The Morgan fingerprint density at radius 3 is 2.24 bits per heavy atom. The van der Waals surface area contributed by atoms with Crippen LogP contribution in [0.2, 0.25) is 0 Å². The van der Waals surface area contributed by atoms with Crippen LogP contribution in [0.5, 0.6) is 0 Å². The van der Waals surface area contributed by atoms with E-state index < -0.39 is 0 Å². The molecular weight excluding hydrogens is 260 g/mol. The maximum atomic E-state index is 4.88. The molecule has 2 heterocycles. The van der Waals surface area contributed by atoms with Gasteiger partial charge >= 0.3 is 0 Å². The fraction of sp³-hybridized carbons (Fsp3) is 0.882. The predicted octanol–water partition coefficient (Wildman–Crippen LogP) is 4.01. The van der Waals surface area contributed by atoms with E-state index in [1.165, 1.54) is 64.2 Å². The summed E-state index contributed by atoms with van der Waals surface area (Å²) in [4.78, 5) is 4.88. The van der Waals surface area contributed by atoms with E-state index in [9.17, 15) is 0 Å². The normalized spacial score (nSPS) is 29.6. The molecule has 0 radical (unpaired) electrons. The summed E-state index contributed by atoms with van der Waals surface area (Å²) in [7, 11) is 0. The van der Waals surface area contributed by atoms with Crippen molar-refractivity contribution in [1.29, 1.82) is 0 Å². The lowest BCUT2D eigenvalue weighted by molar-refractivity contribution is 0.407. The number of hydrogen-bond acceptors (Lipinski definition) is 3. The second-order valence-electron chi connectivity index (χ2n) is 7.16. The van der Waals surface area contributed by atoms with Crippen molar-refractivity contribution in [3.05, 3.63) is 11.6 Å². The van der Waals surface area contributed by atoms with Crippen LogP contribution in [0.25, 0.3) is 0 Å². The molecule has 2 fully saturated rings. The van der Waals surface area contributed by atoms with Crippen molar-refractivity contribution in [1.82, 2.24) is 20.5 Å². The molecule has 2 N–H and O–H groups in total. The molecule has 1 aliphatic carbocycles. The highest BCUT2D eigenvalue weighted by atomic mass is 15.3. The summed E-state index contributed by atoms with van der Waals surface area (Å²) in [6.07, 6.45) is 14.6. The monoisotopic (exact) mass is 290 g/mol. The molecule has 0 amide bonds. The van der Waals surface area contributed by atoms with Gasteiger partial charge in [-0.25, -0.2) is 4.98 Å². The second kappa shape index (κ2) is 6.91. The van der Waals surface area contributed by atoms with Crippen LogP contribution in [0, 0.1) is 0 Å². The van der Waals surface area contributed by atoms with Gasteiger partial charge in [-0.2, -0.15) is 5.10 Å². The van der Waals surface area contributed by atoms with Crippen molar-refractivity contribution in [3.8, 4) is 0 Å². The standard InChI is InChI=1S/C17H30N4/c1-17(12-9-13-18-17)16-19-15(20-21-16)14-10-7-5-3-2-4-6-8-11-14/h14,18H,2-13H2,1H3,(H,19,20,21)/t17-/m0/s1. The van der Waals surface area contributed by atoms with Gasteiger partial charge in [0.15, 0.2) is 5.82 Å². The van der Waals surface area contributed by atoms with E-state index in [-0.39, 0.29) is 5.54 Å². The molecule has 4 nitrogen and oxygen atoms in total. The Kier molecular flexibility index (Phi) is 4.94. The van der Waals surface area contributed by atoms with E-state index in [0.29, 0.717) is 5.92 Å². The molecule has 1 saturated carbocycles. The van der Waals surface area contributed by atoms with Gasteiger partial charge in [0, 0.05) is 5.92 Å². The minimum Gasteiger partial charge on any atom is -0.305 e. The molecule has 2 aliphatic rings. The molecule has 1 aromatic rings. The average molecular weight is 290 g/mol. The highest BCUT2D eigenvalue weighted by Crippen LogP contribution is 2.31. The van der Waals surface area contributed by atoms with E-state index in [2.05, 4.69) is 22.4 Å². The lowest BCUT2D eigenvalue weighted by Crippen LogP contribution is -2.34. The van der Waals surface area contributed by atoms with Crippen LogP contribution in [0.15, 0.2) is 0 Å². The van der Waals surface area contributed by atoms with Crippen molar-refractivity contribution in [2.24, 2.45) is 0 Å². The first-order valence-electron chi connectivity index (χ1n) is 8.96. The minimum absolute atomic E-state index is 0.00919. The lowest BCUT2D eigenvalue weighted by Gasteiger charge is -2.20. The summed E-state index contributed by atoms with van der Waals surface area (Å²) in [6, 6.07) is 0. The van der Waals surface area contributed by atoms with E-state index in [0.717, 1.165) is 24.6 Å². The van der Waals surface area contributed by atoms with Crippen molar-refractivity contribution in [3.63, 3.8) is 0 Å². The van der Waals surface area contributed by atoms with E-state index >= 15 is 0 Å². The van der Waals surface area contributed by atoms with Gasteiger partial charge in [-0.05, 0) is 39.2 Å². The highest BCUT2D eigenvalue weighted by Gasteiger charge is 2.34. The first-order valence-corrected chi connectivity index (χ1v) is 8.96. The third-order valence-corrected chi connectivity index (χ3v) is 5.36. The van der Waals surface area contributed by atoms with E-state index in [4.69, 9.17) is 4.98 Å². The molecule has 118 valence electrons. The van der Waals surface area contributed by atoms with Gasteiger partial charge in [0.1, 0.15) is 5.82 Å². The van der Waals surface area contributed by atoms with Gasteiger partial charge in [0.2, 0.25) is 0 Å². The Morgan fingerprint density at radius 1 is 0.952 bits per heavy atom. The van der Waals surface area contributed by atoms with Gasteiger partial charge in [-0.3, -0.25) is 5.10 Å². The number of nitrogens with one attached hydrogen (secondary N) is 2. The lowest BCUT2D eigenvalue weighted by atomic mass is 9.91. The Morgan fingerprint density at radius 2 is 1.62 bits per heavy atom. The summed E-state index contributed by atoms with van der Waals surface area (Å²) in [5, 5.41) is 11.4. The number of H-pyrrole nitrogens is 1. The summed E-state index contributed by atoms with van der Waals surface area (Å²) < 4.78 is 0. The molecule has 21 heavy (non-hydrogen) atoms. The van der Waals surface area contributed by atoms with Gasteiger partial charge in [-0.15, -0.1) is 0 Å². The van der Waals surface area contributed by atoms with Gasteiger partial charge < -0.3 is 5.32 Å². The molecule has 0 aromatic carbocycles. The molecule has 0 unspecified atom stereocenters. The average Bonchev–Trinajstić information content (AvgIpc) is 3.14. The smallest absolute Gasteiger partial charge is 0.170 e. The van der Waals surface area contributed by atoms with Gasteiger partial charge in [0.25, 0.3) is 0 Å². The number of hydrogen-bond donors (Lipinski definition) is 2. The molecule has 1 aliphatic heterocycles. The van der Waals surface area contributed by atoms with Gasteiger partial charge in [0.05, 0.1) is 5.54 Å². The Hall–Kier alpha value is -0.900. The summed E-state index contributed by atoms with van der Waals surface area (Å²) >= 11 is 0. The molecule has 3 rings (SSSR count). The second-order valence-corrected chi connectivity index (χ2v) is 7.16. The van der Waals surface area contributed by atoms with Crippen LogP contribution < -0.4 is 5.32 Å². The molecule has 4 heteroatoms. The first-order chi connectivity index (χ1) is 10.3. The fourth-order valence-corrected chi connectivity index (χ4v) is 3.87. The van der Waals surface area contributed by atoms with Crippen LogP contribution in [0.4, 0.5) is 0 Å². The minimum atomic E-state index is -0.00919. The Balaban J connectivity index is 1.68. The van der Waals surface area contributed by atoms with E-state index in [1.54, 1.807) is 0 Å². The Labute approximate surface area is 128 Å². The van der Waals surface area contributed by atoms with Crippen molar-refractivity contribution >= 4 is 0 Å². The number of rotatable bonds is 2. The summed E-state index contributed by atoms with van der Waals surface area (Å²) in [6.45, 7) is 3.32. The topological polar surface area (TPSA) is 53.6 Å². The zero-order valence-corrected chi connectivity index (χ0v) is 13.5. The fourth-order valence-electron chi connectivity index (χ4n) is 3.87. The summed E-state index contributed by atoms with van der Waals surface area (Å²) in [5.74, 6) is 2.71. The zero-order valence-electron chi connectivity index (χ0n) is 13.5. The predicted molar refractivity (Wildman–Crippen MR) is 85.3 cm³/mol. The highest BCUT2D eigenvalue weighted by molar-refractivity contribution is 5.09. The third kappa shape index (κ3) is 3.65. The van der Waals surface area contributed by atoms with Crippen LogP contribution in [-0.4, -0.2) is 21.7 Å². The van der Waals surface area contributed by atoms with Crippen molar-refractivity contribution in [2.75, 3.05) is 6.54 Å². The van der Waals surface area contributed by atoms with Crippen LogP contribution >= 0.6 is 0 Å². The maximum absolute atomic E-state index is 4.88. The number of aromatic amines is 1. The van der Waals surface area contributed by atoms with Crippen molar-refractivity contribution < 1.29 is 0 Å². The van der Waals surface area contributed by atoms with Crippen LogP contribution in [0.3, 0.4) is 0 Å². The SMILES string of the molecule is C[C@@]1(c2n[nH]c(C3CCCCCCCCC3)n2)CCCN1. The van der Waals surface area contributed by atoms with Crippen LogP contribution in [-0.2, 0) is 5.54 Å². The molecule has 1 saturated heterocycles. The third-order valence-electron chi connectivity index (χ3n) is 5.36. The number of aromatic nitrogens is 3. The largest absolute Gasteiger partial charge is 0.305 e. The van der Waals surface area contributed by atoms with Gasteiger partial charge in [-0.1, -0.05) is 44.9 Å². The molecule has 1 atom stereocenters. The summed E-state index contributed by atoms with van der Waals surface area (Å²) in [5.41, 5.74) is -0.00919. The van der Waals surface area contributed by atoms with Crippen molar-refractivity contribution in [2.45, 2.75) is 89.0 Å². The maximum Gasteiger partial charge on any atom is 0.170 e.